The maximum Gasteiger partial charge on any atom is 0.338 e. The van der Waals surface area contributed by atoms with E-state index < -0.39 is 12.0 Å². The monoisotopic (exact) mass is 418 g/mol. The second kappa shape index (κ2) is 8.24. The molecule has 0 amide bonds. The Balaban J connectivity index is 1.96. The minimum Gasteiger partial charge on any atom is -0.463 e. The predicted molar refractivity (Wildman–Crippen MR) is 118 cm³/mol. The number of hydrogen-bond acceptors (Lipinski definition) is 5. The molecule has 152 valence electrons. The highest BCUT2D eigenvalue weighted by Crippen LogP contribution is 2.30. The molecule has 2 aromatic carbocycles. The van der Waals surface area contributed by atoms with E-state index >= 15 is 0 Å². The van der Waals surface area contributed by atoms with Crippen LogP contribution in [0.2, 0.25) is 0 Å². The van der Waals surface area contributed by atoms with Gasteiger partial charge in [-0.15, -0.1) is 0 Å². The lowest BCUT2D eigenvalue weighted by molar-refractivity contribution is -0.139. The van der Waals surface area contributed by atoms with Crippen LogP contribution in [0, 0.1) is 6.92 Å². The van der Waals surface area contributed by atoms with Crippen molar-refractivity contribution in [3.63, 3.8) is 0 Å². The van der Waals surface area contributed by atoms with Crippen LogP contribution in [0.25, 0.3) is 6.08 Å². The molecule has 1 aliphatic heterocycles. The first-order valence-corrected chi connectivity index (χ1v) is 10.6. The number of aryl methyl sites for hydroxylation is 1. The lowest BCUT2D eigenvalue weighted by Crippen LogP contribution is -2.39. The molecule has 3 aromatic rings. The molecule has 0 N–H and O–H groups in total. The number of benzene rings is 2. The van der Waals surface area contributed by atoms with E-state index in [2.05, 4.69) is 4.99 Å². The number of allylic oxidation sites excluding steroid dienone is 1. The smallest absolute Gasteiger partial charge is 0.338 e. The molecule has 6 heteroatoms. The summed E-state index contributed by atoms with van der Waals surface area (Å²) in [4.78, 5) is 31.4. The number of aromatic nitrogens is 1. The zero-order valence-electron chi connectivity index (χ0n) is 17.1. The number of esters is 1. The second-order valence-corrected chi connectivity index (χ2v) is 8.13. The second-order valence-electron chi connectivity index (χ2n) is 7.12. The van der Waals surface area contributed by atoms with Gasteiger partial charge in [-0.1, -0.05) is 71.5 Å². The van der Waals surface area contributed by atoms with Crippen LogP contribution in [0.1, 0.15) is 36.6 Å². The van der Waals surface area contributed by atoms with Gasteiger partial charge in [0.2, 0.25) is 0 Å². The van der Waals surface area contributed by atoms with Gasteiger partial charge in [0.1, 0.15) is 0 Å². The number of nitrogens with zero attached hydrogens (tertiary/aromatic N) is 2. The van der Waals surface area contributed by atoms with Crippen molar-refractivity contribution < 1.29 is 9.53 Å². The number of hydrogen-bond donors (Lipinski definition) is 0. The number of carbonyl (C=O) groups is 1. The summed E-state index contributed by atoms with van der Waals surface area (Å²) in [6, 6.07) is 17.0. The molecule has 0 spiro atoms. The van der Waals surface area contributed by atoms with Crippen LogP contribution >= 0.6 is 11.3 Å². The van der Waals surface area contributed by atoms with E-state index in [1.165, 1.54) is 11.3 Å². The summed E-state index contributed by atoms with van der Waals surface area (Å²) in [5, 5.41) is 0. The van der Waals surface area contributed by atoms with Crippen LogP contribution in [-0.2, 0) is 9.53 Å². The maximum atomic E-state index is 13.4. The molecule has 0 bridgehead atoms. The zero-order valence-corrected chi connectivity index (χ0v) is 17.9. The predicted octanol–water partition coefficient (Wildman–Crippen LogP) is 3.11. The Bertz CT molecular complexity index is 1300. The van der Waals surface area contributed by atoms with Gasteiger partial charge in [0, 0.05) is 0 Å². The molecule has 1 aromatic heterocycles. The zero-order chi connectivity index (χ0) is 21.3. The Morgan fingerprint density at radius 3 is 2.50 bits per heavy atom. The molecule has 2 heterocycles. The van der Waals surface area contributed by atoms with Gasteiger partial charge in [-0.25, -0.2) is 9.79 Å². The van der Waals surface area contributed by atoms with Crippen molar-refractivity contribution in [3.05, 3.63) is 102 Å². The van der Waals surface area contributed by atoms with Crippen LogP contribution in [-0.4, -0.2) is 17.1 Å². The Labute approximate surface area is 178 Å². The van der Waals surface area contributed by atoms with Gasteiger partial charge < -0.3 is 4.74 Å². The first-order valence-electron chi connectivity index (χ1n) is 9.81. The first kappa shape index (κ1) is 20.0. The molecular formula is C24H22N2O3S. The van der Waals surface area contributed by atoms with E-state index in [4.69, 9.17) is 4.74 Å². The average molecular weight is 419 g/mol. The van der Waals surface area contributed by atoms with E-state index in [0.29, 0.717) is 20.6 Å². The normalized spacial score (nSPS) is 16.2. The molecule has 0 fully saturated rings. The average Bonchev–Trinajstić information content (AvgIpc) is 3.03. The van der Waals surface area contributed by atoms with Crippen LogP contribution in [0.3, 0.4) is 0 Å². The van der Waals surface area contributed by atoms with E-state index in [0.717, 1.165) is 16.7 Å². The van der Waals surface area contributed by atoms with Gasteiger partial charge in [0.15, 0.2) is 4.80 Å². The van der Waals surface area contributed by atoms with Crippen molar-refractivity contribution in [2.45, 2.75) is 26.8 Å². The van der Waals surface area contributed by atoms with Crippen molar-refractivity contribution in [2.75, 3.05) is 6.61 Å². The van der Waals surface area contributed by atoms with Crippen molar-refractivity contribution in [2.24, 2.45) is 4.99 Å². The fraction of sp³-hybridized carbons (Fsp3) is 0.208. The van der Waals surface area contributed by atoms with Gasteiger partial charge >= 0.3 is 5.97 Å². The van der Waals surface area contributed by atoms with E-state index in [-0.39, 0.29) is 12.2 Å². The van der Waals surface area contributed by atoms with Gasteiger partial charge in [0.05, 0.1) is 28.5 Å². The third-order valence-corrected chi connectivity index (χ3v) is 5.99. The molecule has 0 radical (unpaired) electrons. The Morgan fingerprint density at radius 2 is 1.83 bits per heavy atom. The number of thiazole rings is 1. The SMILES string of the molecule is CCOC(=O)C1=C(C)N=c2s/c(=C/c3ccccc3)c(=O)n2[C@H]1c1ccc(C)cc1. The molecule has 0 saturated heterocycles. The minimum atomic E-state index is -0.571. The summed E-state index contributed by atoms with van der Waals surface area (Å²) in [5.74, 6) is -0.443. The molecule has 1 aliphatic rings. The Hall–Kier alpha value is -3.25. The fourth-order valence-corrected chi connectivity index (χ4v) is 4.60. The first-order chi connectivity index (χ1) is 14.5. The molecule has 0 saturated carbocycles. The Morgan fingerprint density at radius 1 is 1.13 bits per heavy atom. The summed E-state index contributed by atoms with van der Waals surface area (Å²) in [5.41, 5.74) is 3.71. The van der Waals surface area contributed by atoms with E-state index in [9.17, 15) is 9.59 Å². The maximum absolute atomic E-state index is 13.4. The Kier molecular flexibility index (Phi) is 5.50. The highest BCUT2D eigenvalue weighted by molar-refractivity contribution is 7.07. The van der Waals surface area contributed by atoms with Crippen molar-refractivity contribution >= 4 is 23.4 Å². The van der Waals surface area contributed by atoms with Crippen molar-refractivity contribution in [1.82, 2.24) is 4.57 Å². The molecule has 1 atom stereocenters. The topological polar surface area (TPSA) is 60.7 Å². The largest absolute Gasteiger partial charge is 0.463 e. The standard InChI is InChI=1S/C24H22N2O3S/c1-4-29-23(28)20-16(3)25-24-26(21(20)18-12-10-15(2)11-13-18)22(27)19(30-24)14-17-8-6-5-7-9-17/h5-14,21H,4H2,1-3H3/b19-14+/t21-/m0/s1. The molecule has 30 heavy (non-hydrogen) atoms. The lowest BCUT2D eigenvalue weighted by atomic mass is 9.95. The van der Waals surface area contributed by atoms with E-state index in [1.54, 1.807) is 18.4 Å². The van der Waals surface area contributed by atoms with Gasteiger partial charge in [0.25, 0.3) is 5.56 Å². The van der Waals surface area contributed by atoms with E-state index in [1.807, 2.05) is 67.6 Å². The fourth-order valence-electron chi connectivity index (χ4n) is 3.56. The summed E-state index contributed by atoms with van der Waals surface area (Å²) >= 11 is 1.33. The molecule has 0 unspecified atom stereocenters. The minimum absolute atomic E-state index is 0.164. The lowest BCUT2D eigenvalue weighted by Gasteiger charge is -2.24. The quantitative estimate of drug-likeness (QED) is 0.612. The van der Waals surface area contributed by atoms with Crippen LogP contribution in [0.4, 0.5) is 0 Å². The van der Waals surface area contributed by atoms with Crippen LogP contribution < -0.4 is 14.9 Å². The van der Waals surface area contributed by atoms with Crippen LogP contribution in [0.5, 0.6) is 0 Å². The number of ether oxygens (including phenoxy) is 1. The third kappa shape index (κ3) is 3.66. The summed E-state index contributed by atoms with van der Waals surface area (Å²) in [6.45, 7) is 5.82. The van der Waals surface area contributed by atoms with Crippen LogP contribution in [0.15, 0.2) is 75.7 Å². The van der Waals surface area contributed by atoms with Gasteiger partial charge in [-0.2, -0.15) is 0 Å². The molecule has 0 aliphatic carbocycles. The third-order valence-electron chi connectivity index (χ3n) is 5.01. The number of fused-ring (bicyclic) bond motifs is 1. The molecule has 5 nitrogen and oxygen atoms in total. The highest BCUT2D eigenvalue weighted by atomic mass is 32.1. The summed E-state index contributed by atoms with van der Waals surface area (Å²) in [7, 11) is 0. The molecule has 4 rings (SSSR count). The molecular weight excluding hydrogens is 396 g/mol. The number of carbonyl (C=O) groups excluding carboxylic acids is 1. The summed E-state index contributed by atoms with van der Waals surface area (Å²) < 4.78 is 7.50. The number of rotatable bonds is 4. The van der Waals surface area contributed by atoms with Crippen molar-refractivity contribution in [1.29, 1.82) is 0 Å². The van der Waals surface area contributed by atoms with Crippen molar-refractivity contribution in [3.8, 4) is 0 Å². The van der Waals surface area contributed by atoms with Gasteiger partial charge in [-0.3, -0.25) is 9.36 Å². The highest BCUT2D eigenvalue weighted by Gasteiger charge is 2.33. The summed E-state index contributed by atoms with van der Waals surface area (Å²) in [6.07, 6.45) is 1.86. The van der Waals surface area contributed by atoms with Gasteiger partial charge in [-0.05, 0) is 38.0 Å².